The lowest BCUT2D eigenvalue weighted by molar-refractivity contribution is 0.806. The number of hydrogen-bond acceptors (Lipinski definition) is 5. The van der Waals surface area contributed by atoms with Gasteiger partial charge < -0.3 is 5.32 Å². The number of rotatable bonds is 4. The van der Waals surface area contributed by atoms with Gasteiger partial charge in [-0.05, 0) is 36.9 Å². The number of hydrogen-bond donors (Lipinski definition) is 2. The molecule has 0 aliphatic rings. The summed E-state index contributed by atoms with van der Waals surface area (Å²) in [6.45, 7) is 2.88. The second kappa shape index (κ2) is 5.09. The van der Waals surface area contributed by atoms with Gasteiger partial charge in [0.25, 0.3) is 0 Å². The minimum absolute atomic E-state index is 0.761. The van der Waals surface area contributed by atoms with Gasteiger partial charge in [-0.1, -0.05) is 6.07 Å². The molecule has 5 nitrogen and oxygen atoms in total. The Bertz CT molecular complexity index is 454. The molecule has 2 aromatic heterocycles. The van der Waals surface area contributed by atoms with Gasteiger partial charge in [0.15, 0.2) is 5.16 Å². The van der Waals surface area contributed by atoms with Crippen LogP contribution in [0.1, 0.15) is 11.1 Å². The number of aromatic nitrogens is 4. The summed E-state index contributed by atoms with van der Waals surface area (Å²) in [5, 5.41) is 11.4. The van der Waals surface area contributed by atoms with E-state index in [4.69, 9.17) is 0 Å². The molecule has 0 unspecified atom stereocenters. The highest BCUT2D eigenvalue weighted by Crippen LogP contribution is 2.25. The SMILES string of the molecule is CNCc1cnc(Sc2ncn[nH]2)c(C)c1. The van der Waals surface area contributed by atoms with Gasteiger partial charge in [0.1, 0.15) is 11.4 Å². The first kappa shape index (κ1) is 11.1. The van der Waals surface area contributed by atoms with Crippen LogP contribution >= 0.6 is 11.8 Å². The first-order valence-corrected chi connectivity index (χ1v) is 5.74. The van der Waals surface area contributed by atoms with Gasteiger partial charge >= 0.3 is 0 Å². The maximum Gasteiger partial charge on any atom is 0.189 e. The van der Waals surface area contributed by atoms with Crippen molar-refractivity contribution in [1.82, 2.24) is 25.5 Å². The molecule has 0 amide bonds. The number of aromatic amines is 1. The Kier molecular flexibility index (Phi) is 3.53. The fraction of sp³-hybridized carbons (Fsp3) is 0.300. The molecule has 0 atom stereocenters. The quantitative estimate of drug-likeness (QED) is 0.838. The van der Waals surface area contributed by atoms with Crippen molar-refractivity contribution in [1.29, 1.82) is 0 Å². The third-order valence-electron chi connectivity index (χ3n) is 2.05. The molecular formula is C10H13N5S. The van der Waals surface area contributed by atoms with Crippen molar-refractivity contribution in [3.63, 3.8) is 0 Å². The number of H-pyrrole nitrogens is 1. The van der Waals surface area contributed by atoms with Crippen molar-refractivity contribution in [3.05, 3.63) is 29.7 Å². The van der Waals surface area contributed by atoms with Crippen molar-refractivity contribution in [2.24, 2.45) is 0 Å². The molecule has 16 heavy (non-hydrogen) atoms. The van der Waals surface area contributed by atoms with Crippen LogP contribution < -0.4 is 5.32 Å². The lowest BCUT2D eigenvalue weighted by Gasteiger charge is -2.05. The minimum atomic E-state index is 0.761. The Morgan fingerprint density at radius 2 is 2.31 bits per heavy atom. The lowest BCUT2D eigenvalue weighted by Crippen LogP contribution is -2.05. The summed E-state index contributed by atoms with van der Waals surface area (Å²) in [6.07, 6.45) is 3.37. The molecule has 0 saturated heterocycles. The smallest absolute Gasteiger partial charge is 0.189 e. The topological polar surface area (TPSA) is 66.5 Å². The number of aryl methyl sites for hydroxylation is 1. The van der Waals surface area contributed by atoms with E-state index in [2.05, 4.69) is 31.5 Å². The zero-order valence-electron chi connectivity index (χ0n) is 9.19. The fourth-order valence-corrected chi connectivity index (χ4v) is 2.07. The third-order valence-corrected chi connectivity index (χ3v) is 3.06. The van der Waals surface area contributed by atoms with Gasteiger partial charge in [-0.15, -0.1) is 0 Å². The van der Waals surface area contributed by atoms with Gasteiger partial charge in [0, 0.05) is 12.7 Å². The van der Waals surface area contributed by atoms with Crippen molar-refractivity contribution in [2.75, 3.05) is 7.05 Å². The van der Waals surface area contributed by atoms with Crippen LogP contribution in [-0.2, 0) is 6.54 Å². The van der Waals surface area contributed by atoms with Crippen LogP contribution in [0.4, 0.5) is 0 Å². The summed E-state index contributed by atoms with van der Waals surface area (Å²) < 4.78 is 0. The summed E-state index contributed by atoms with van der Waals surface area (Å²) in [4.78, 5) is 8.46. The first-order valence-electron chi connectivity index (χ1n) is 4.93. The van der Waals surface area contributed by atoms with Crippen LogP contribution in [0.3, 0.4) is 0 Å². The van der Waals surface area contributed by atoms with Crippen LogP contribution in [0.15, 0.2) is 28.8 Å². The van der Waals surface area contributed by atoms with Gasteiger partial charge in [0.05, 0.1) is 0 Å². The molecule has 84 valence electrons. The number of nitrogens with one attached hydrogen (secondary N) is 2. The second-order valence-electron chi connectivity index (χ2n) is 3.39. The Hall–Kier alpha value is -1.40. The predicted molar refractivity (Wildman–Crippen MR) is 62.2 cm³/mol. The molecule has 0 radical (unpaired) electrons. The molecule has 0 bridgehead atoms. The number of pyridine rings is 1. The van der Waals surface area contributed by atoms with Crippen molar-refractivity contribution >= 4 is 11.8 Å². The molecule has 2 aromatic rings. The first-order chi connectivity index (χ1) is 7.79. The molecule has 0 aliphatic heterocycles. The summed E-state index contributed by atoms with van der Waals surface area (Å²) in [7, 11) is 1.92. The second-order valence-corrected chi connectivity index (χ2v) is 4.37. The zero-order valence-corrected chi connectivity index (χ0v) is 10.0. The van der Waals surface area contributed by atoms with E-state index in [9.17, 15) is 0 Å². The highest BCUT2D eigenvalue weighted by Gasteiger charge is 2.05. The molecule has 0 aromatic carbocycles. The zero-order chi connectivity index (χ0) is 11.4. The average Bonchev–Trinajstić information content (AvgIpc) is 2.75. The van der Waals surface area contributed by atoms with E-state index in [-0.39, 0.29) is 0 Å². The van der Waals surface area contributed by atoms with Crippen LogP contribution in [0.5, 0.6) is 0 Å². The summed E-state index contributed by atoms with van der Waals surface area (Å²) in [5.41, 5.74) is 2.33. The molecular weight excluding hydrogens is 222 g/mol. The molecule has 0 saturated carbocycles. The van der Waals surface area contributed by atoms with E-state index in [0.717, 1.165) is 22.3 Å². The van der Waals surface area contributed by atoms with Crippen LogP contribution in [-0.4, -0.2) is 27.2 Å². The molecule has 2 rings (SSSR count). The van der Waals surface area contributed by atoms with Gasteiger partial charge in [-0.25, -0.2) is 9.97 Å². The Labute approximate surface area is 98.1 Å². The van der Waals surface area contributed by atoms with Crippen LogP contribution in [0, 0.1) is 6.92 Å². The molecule has 0 aliphatic carbocycles. The summed E-state index contributed by atoms with van der Waals surface area (Å²) in [5.74, 6) is 0. The van der Waals surface area contributed by atoms with E-state index >= 15 is 0 Å². The van der Waals surface area contributed by atoms with E-state index in [0.29, 0.717) is 0 Å². The lowest BCUT2D eigenvalue weighted by atomic mass is 10.2. The Balaban J connectivity index is 2.16. The molecule has 2 N–H and O–H groups in total. The Morgan fingerprint density at radius 1 is 1.44 bits per heavy atom. The van der Waals surface area contributed by atoms with E-state index in [1.807, 2.05) is 20.2 Å². The standard InChI is InChI=1S/C10H13N5S/c1-7-3-8(4-11-2)5-12-9(7)16-10-13-6-14-15-10/h3,5-6,11H,4H2,1-2H3,(H,13,14,15). The van der Waals surface area contributed by atoms with Crippen molar-refractivity contribution in [3.8, 4) is 0 Å². The van der Waals surface area contributed by atoms with Gasteiger partial charge in [0.2, 0.25) is 0 Å². The highest BCUT2D eigenvalue weighted by molar-refractivity contribution is 7.99. The van der Waals surface area contributed by atoms with Gasteiger partial charge in [-0.2, -0.15) is 5.10 Å². The van der Waals surface area contributed by atoms with E-state index < -0.39 is 0 Å². The molecule has 2 heterocycles. The maximum atomic E-state index is 4.41. The van der Waals surface area contributed by atoms with Crippen molar-refractivity contribution < 1.29 is 0 Å². The Morgan fingerprint density at radius 3 is 2.94 bits per heavy atom. The third kappa shape index (κ3) is 2.59. The minimum Gasteiger partial charge on any atom is -0.316 e. The summed E-state index contributed by atoms with van der Waals surface area (Å²) >= 11 is 1.49. The van der Waals surface area contributed by atoms with Crippen molar-refractivity contribution in [2.45, 2.75) is 23.7 Å². The number of nitrogens with zero attached hydrogens (tertiary/aromatic N) is 3. The van der Waals surface area contributed by atoms with Gasteiger partial charge in [-0.3, -0.25) is 5.10 Å². The van der Waals surface area contributed by atoms with E-state index in [1.165, 1.54) is 23.7 Å². The summed E-state index contributed by atoms with van der Waals surface area (Å²) in [6, 6.07) is 2.13. The highest BCUT2D eigenvalue weighted by atomic mass is 32.2. The predicted octanol–water partition coefficient (Wildman–Crippen LogP) is 1.38. The largest absolute Gasteiger partial charge is 0.316 e. The fourth-order valence-electron chi connectivity index (χ4n) is 1.36. The monoisotopic (exact) mass is 235 g/mol. The average molecular weight is 235 g/mol. The molecule has 0 fully saturated rings. The van der Waals surface area contributed by atoms with Crippen LogP contribution in [0.2, 0.25) is 0 Å². The molecule has 0 spiro atoms. The van der Waals surface area contributed by atoms with E-state index in [1.54, 1.807) is 0 Å². The normalized spacial score (nSPS) is 10.6. The maximum absolute atomic E-state index is 4.41. The van der Waals surface area contributed by atoms with Crippen LogP contribution in [0.25, 0.3) is 0 Å². The molecule has 6 heteroatoms.